The first kappa shape index (κ1) is 15.4. The van der Waals surface area contributed by atoms with Crippen molar-refractivity contribution in [2.24, 2.45) is 0 Å². The molecule has 0 spiro atoms. The van der Waals surface area contributed by atoms with Gasteiger partial charge in [-0.15, -0.1) is 5.10 Å². The second-order valence-corrected chi connectivity index (χ2v) is 6.08. The van der Waals surface area contributed by atoms with Crippen LogP contribution in [0.2, 0.25) is 0 Å². The van der Waals surface area contributed by atoms with Crippen molar-refractivity contribution in [3.8, 4) is 11.4 Å². The van der Waals surface area contributed by atoms with Crippen LogP contribution >= 0.6 is 0 Å². The minimum atomic E-state index is -0.108. The summed E-state index contributed by atoms with van der Waals surface area (Å²) in [5.41, 5.74) is 1.69. The van der Waals surface area contributed by atoms with Crippen LogP contribution in [0, 0.1) is 0 Å². The van der Waals surface area contributed by atoms with Gasteiger partial charge in [0.2, 0.25) is 0 Å². The van der Waals surface area contributed by atoms with Gasteiger partial charge in [0.15, 0.2) is 0 Å². The topological polar surface area (TPSA) is 68.5 Å². The molecule has 0 aromatic carbocycles. The molecule has 0 radical (unpaired) electrons. The fraction of sp³-hybridized carbons (Fsp3) is 0.600. The van der Waals surface area contributed by atoms with E-state index in [0.717, 1.165) is 42.5 Å². The summed E-state index contributed by atoms with van der Waals surface area (Å²) in [5, 5.41) is 11.4. The van der Waals surface area contributed by atoms with Gasteiger partial charge in [-0.1, -0.05) is 32.9 Å². The number of rotatable bonds is 5. The molecule has 21 heavy (non-hydrogen) atoms. The molecule has 0 aliphatic rings. The highest BCUT2D eigenvalue weighted by Crippen LogP contribution is 2.25. The highest BCUT2D eigenvalue weighted by Gasteiger charge is 2.20. The first-order valence-electron chi connectivity index (χ1n) is 7.48. The van der Waals surface area contributed by atoms with Crippen molar-refractivity contribution >= 4 is 5.82 Å². The van der Waals surface area contributed by atoms with Gasteiger partial charge in [-0.2, -0.15) is 0 Å². The summed E-state index contributed by atoms with van der Waals surface area (Å²) in [6, 6.07) is 1.96. The quantitative estimate of drug-likeness (QED) is 0.916. The molecule has 114 valence electrons. The summed E-state index contributed by atoms with van der Waals surface area (Å²) in [6.07, 6.45) is 2.77. The number of hydrogen-bond donors (Lipinski definition) is 1. The van der Waals surface area contributed by atoms with Crippen molar-refractivity contribution in [3.63, 3.8) is 0 Å². The summed E-state index contributed by atoms with van der Waals surface area (Å²) < 4.78 is 1.89. The molecule has 0 fully saturated rings. The van der Waals surface area contributed by atoms with Gasteiger partial charge in [-0.3, -0.25) is 0 Å². The maximum Gasteiger partial charge on any atom is 0.136 e. The lowest BCUT2D eigenvalue weighted by atomic mass is 9.95. The Hall–Kier alpha value is -1.98. The Balaban J connectivity index is 2.51. The molecule has 6 nitrogen and oxygen atoms in total. The zero-order valence-corrected chi connectivity index (χ0v) is 13.5. The third-order valence-corrected chi connectivity index (χ3v) is 3.07. The van der Waals surface area contributed by atoms with Crippen LogP contribution in [0.15, 0.2) is 12.3 Å². The molecular formula is C15H24N6. The maximum absolute atomic E-state index is 4.72. The number of aromatic nitrogens is 5. The molecule has 0 aliphatic heterocycles. The van der Waals surface area contributed by atoms with Gasteiger partial charge in [0, 0.05) is 24.6 Å². The van der Waals surface area contributed by atoms with E-state index >= 15 is 0 Å². The standard InChI is InChI=1S/C15H24N6/c1-6-8-21-12(10-17-20-21)11-9-13(16-7-2)19-14(18-11)15(3,4)5/h9-10H,6-8H2,1-5H3,(H,16,18,19). The zero-order valence-electron chi connectivity index (χ0n) is 13.5. The van der Waals surface area contributed by atoms with E-state index in [1.807, 2.05) is 10.7 Å². The summed E-state index contributed by atoms with van der Waals surface area (Å²) in [6.45, 7) is 12.2. The number of hydrogen-bond acceptors (Lipinski definition) is 5. The highest BCUT2D eigenvalue weighted by atomic mass is 15.4. The summed E-state index contributed by atoms with van der Waals surface area (Å²) in [4.78, 5) is 9.33. The molecule has 0 saturated heterocycles. The average molecular weight is 288 g/mol. The second kappa shape index (κ2) is 6.20. The molecule has 0 bridgehead atoms. The molecule has 0 aliphatic carbocycles. The second-order valence-electron chi connectivity index (χ2n) is 6.08. The van der Waals surface area contributed by atoms with E-state index in [9.17, 15) is 0 Å². The van der Waals surface area contributed by atoms with Gasteiger partial charge in [-0.25, -0.2) is 14.6 Å². The molecule has 0 atom stereocenters. The Morgan fingerprint density at radius 1 is 1.19 bits per heavy atom. The zero-order chi connectivity index (χ0) is 15.5. The number of anilines is 1. The monoisotopic (exact) mass is 288 g/mol. The van der Waals surface area contributed by atoms with Gasteiger partial charge in [0.05, 0.1) is 11.9 Å². The van der Waals surface area contributed by atoms with Crippen molar-refractivity contribution in [1.29, 1.82) is 0 Å². The van der Waals surface area contributed by atoms with Gasteiger partial charge in [0.1, 0.15) is 17.3 Å². The smallest absolute Gasteiger partial charge is 0.136 e. The Kier molecular flexibility index (Phi) is 4.55. The minimum Gasteiger partial charge on any atom is -0.370 e. The Morgan fingerprint density at radius 2 is 1.95 bits per heavy atom. The predicted octanol–water partition coefficient (Wildman–Crippen LogP) is 2.87. The number of nitrogens with one attached hydrogen (secondary N) is 1. The van der Waals surface area contributed by atoms with Crippen LogP contribution in [0.5, 0.6) is 0 Å². The normalized spacial score (nSPS) is 11.7. The van der Waals surface area contributed by atoms with Gasteiger partial charge in [0.25, 0.3) is 0 Å². The van der Waals surface area contributed by atoms with Crippen LogP contribution in [0.1, 0.15) is 46.9 Å². The van der Waals surface area contributed by atoms with E-state index in [1.54, 1.807) is 6.20 Å². The van der Waals surface area contributed by atoms with Crippen LogP contribution in [-0.2, 0) is 12.0 Å². The van der Waals surface area contributed by atoms with E-state index in [-0.39, 0.29) is 5.41 Å². The average Bonchev–Trinajstić information content (AvgIpc) is 2.86. The van der Waals surface area contributed by atoms with Crippen molar-refractivity contribution in [2.45, 2.75) is 53.0 Å². The van der Waals surface area contributed by atoms with E-state index in [2.05, 4.69) is 55.2 Å². The lowest BCUT2D eigenvalue weighted by Gasteiger charge is -2.19. The highest BCUT2D eigenvalue weighted by molar-refractivity contribution is 5.58. The van der Waals surface area contributed by atoms with Gasteiger partial charge < -0.3 is 5.32 Å². The van der Waals surface area contributed by atoms with Crippen LogP contribution in [0.3, 0.4) is 0 Å². The van der Waals surface area contributed by atoms with Gasteiger partial charge in [-0.05, 0) is 13.3 Å². The Bertz CT molecular complexity index is 596. The van der Waals surface area contributed by atoms with E-state index < -0.39 is 0 Å². The van der Waals surface area contributed by atoms with E-state index in [0.29, 0.717) is 0 Å². The predicted molar refractivity (Wildman–Crippen MR) is 84.2 cm³/mol. The molecule has 6 heteroatoms. The first-order valence-corrected chi connectivity index (χ1v) is 7.48. The number of aryl methyl sites for hydroxylation is 1. The largest absolute Gasteiger partial charge is 0.370 e. The van der Waals surface area contributed by atoms with Crippen molar-refractivity contribution in [2.75, 3.05) is 11.9 Å². The Labute approximate surface area is 126 Å². The fourth-order valence-electron chi connectivity index (χ4n) is 2.02. The molecular weight excluding hydrogens is 264 g/mol. The maximum atomic E-state index is 4.72. The molecule has 0 unspecified atom stereocenters. The molecule has 1 N–H and O–H groups in total. The molecule has 0 saturated carbocycles. The third kappa shape index (κ3) is 3.56. The van der Waals surface area contributed by atoms with E-state index in [4.69, 9.17) is 4.98 Å². The van der Waals surface area contributed by atoms with Crippen molar-refractivity contribution < 1.29 is 0 Å². The van der Waals surface area contributed by atoms with Crippen LogP contribution in [0.4, 0.5) is 5.82 Å². The molecule has 2 heterocycles. The van der Waals surface area contributed by atoms with E-state index in [1.165, 1.54) is 0 Å². The minimum absolute atomic E-state index is 0.108. The third-order valence-electron chi connectivity index (χ3n) is 3.07. The SMILES string of the molecule is CCCn1nncc1-c1cc(NCC)nc(C(C)(C)C)n1. The van der Waals surface area contributed by atoms with Crippen LogP contribution in [0.25, 0.3) is 11.4 Å². The first-order chi connectivity index (χ1) is 9.95. The molecule has 2 rings (SSSR count). The number of nitrogens with zero attached hydrogens (tertiary/aromatic N) is 5. The van der Waals surface area contributed by atoms with Crippen LogP contribution < -0.4 is 5.32 Å². The fourth-order valence-corrected chi connectivity index (χ4v) is 2.02. The molecule has 2 aromatic rings. The van der Waals surface area contributed by atoms with Crippen molar-refractivity contribution in [1.82, 2.24) is 25.0 Å². The molecule has 0 amide bonds. The lowest BCUT2D eigenvalue weighted by molar-refractivity contribution is 0.545. The van der Waals surface area contributed by atoms with Crippen LogP contribution in [-0.4, -0.2) is 31.5 Å². The Morgan fingerprint density at radius 3 is 2.57 bits per heavy atom. The summed E-state index contributed by atoms with van der Waals surface area (Å²) >= 11 is 0. The van der Waals surface area contributed by atoms with Crippen molar-refractivity contribution in [3.05, 3.63) is 18.1 Å². The summed E-state index contributed by atoms with van der Waals surface area (Å²) in [7, 11) is 0. The molecule has 2 aromatic heterocycles. The lowest BCUT2D eigenvalue weighted by Crippen LogP contribution is -2.18. The summed E-state index contributed by atoms with van der Waals surface area (Å²) in [5.74, 6) is 1.66. The van der Waals surface area contributed by atoms with Gasteiger partial charge >= 0.3 is 0 Å².